The third-order valence-corrected chi connectivity index (χ3v) is 5.52. The van der Waals surface area contributed by atoms with Gasteiger partial charge in [0.25, 0.3) is 0 Å². The Labute approximate surface area is 180 Å². The van der Waals surface area contributed by atoms with Gasteiger partial charge in [-0.05, 0) is 47.5 Å². The molecular weight excluding hydrogens is 378 g/mol. The molecule has 29 heavy (non-hydrogen) atoms. The molecule has 3 aromatic carbocycles. The van der Waals surface area contributed by atoms with Gasteiger partial charge in [-0.1, -0.05) is 93.1 Å². The van der Waals surface area contributed by atoms with Crippen molar-refractivity contribution in [2.24, 2.45) is 0 Å². The number of benzene rings is 3. The highest BCUT2D eigenvalue weighted by atomic mass is 35.5. The molecule has 0 saturated heterocycles. The van der Waals surface area contributed by atoms with Crippen LogP contribution < -0.4 is 10.1 Å². The van der Waals surface area contributed by atoms with Gasteiger partial charge in [0.15, 0.2) is 0 Å². The van der Waals surface area contributed by atoms with Gasteiger partial charge in [-0.2, -0.15) is 0 Å². The van der Waals surface area contributed by atoms with Crippen LogP contribution in [0.3, 0.4) is 0 Å². The third kappa shape index (κ3) is 6.76. The fourth-order valence-corrected chi connectivity index (χ4v) is 3.88. The highest BCUT2D eigenvalue weighted by molar-refractivity contribution is 6.30. The molecule has 0 radical (unpaired) electrons. The lowest BCUT2D eigenvalue weighted by Gasteiger charge is -2.15. The van der Waals surface area contributed by atoms with E-state index in [0.29, 0.717) is 6.61 Å². The highest BCUT2D eigenvalue weighted by Crippen LogP contribution is 2.29. The molecule has 0 heterocycles. The molecule has 0 atom stereocenters. The maximum absolute atomic E-state index is 6.21. The van der Waals surface area contributed by atoms with Crippen LogP contribution in [0.15, 0.2) is 60.7 Å². The summed E-state index contributed by atoms with van der Waals surface area (Å²) in [6.45, 7) is 4.64. The fourth-order valence-electron chi connectivity index (χ4n) is 3.67. The van der Waals surface area contributed by atoms with Crippen molar-refractivity contribution in [1.82, 2.24) is 5.32 Å². The predicted octanol–water partition coefficient (Wildman–Crippen LogP) is 7.52. The van der Waals surface area contributed by atoms with Crippen LogP contribution in [0.2, 0.25) is 5.02 Å². The van der Waals surface area contributed by atoms with Crippen molar-refractivity contribution in [3.05, 3.63) is 76.8 Å². The third-order valence-electron chi connectivity index (χ3n) is 5.29. The van der Waals surface area contributed by atoms with Crippen molar-refractivity contribution in [1.29, 1.82) is 0 Å². The molecule has 0 aliphatic rings. The van der Waals surface area contributed by atoms with Gasteiger partial charge in [-0.15, -0.1) is 0 Å². The van der Waals surface area contributed by atoms with E-state index in [2.05, 4.69) is 48.6 Å². The standard InChI is InChI=1S/C26H32ClNO/c1-2-3-4-5-6-9-17-28-19-25-24-14-8-7-12-22(24)15-16-26(25)29-20-21-11-10-13-23(27)18-21/h7-8,10-16,18,28H,2-6,9,17,19-20H2,1H3. The first-order valence-corrected chi connectivity index (χ1v) is 11.2. The number of halogens is 1. The van der Waals surface area contributed by atoms with E-state index < -0.39 is 0 Å². The van der Waals surface area contributed by atoms with Crippen molar-refractivity contribution in [3.63, 3.8) is 0 Å². The number of rotatable bonds is 12. The quantitative estimate of drug-likeness (QED) is 0.312. The number of hydrogen-bond donors (Lipinski definition) is 1. The minimum Gasteiger partial charge on any atom is -0.489 e. The first kappa shape index (κ1) is 21.7. The number of nitrogens with one attached hydrogen (secondary N) is 1. The van der Waals surface area contributed by atoms with Gasteiger partial charge in [0.05, 0.1) is 0 Å². The second-order valence-electron chi connectivity index (χ2n) is 7.63. The van der Waals surface area contributed by atoms with Gasteiger partial charge in [-0.25, -0.2) is 0 Å². The summed E-state index contributed by atoms with van der Waals surface area (Å²) in [5.74, 6) is 0.944. The largest absolute Gasteiger partial charge is 0.489 e. The molecule has 3 rings (SSSR count). The van der Waals surface area contributed by atoms with Crippen LogP contribution >= 0.6 is 11.6 Å². The molecule has 154 valence electrons. The maximum atomic E-state index is 6.21. The number of fused-ring (bicyclic) bond motifs is 1. The first-order chi connectivity index (χ1) is 14.3. The predicted molar refractivity (Wildman–Crippen MR) is 125 cm³/mol. The molecule has 3 aromatic rings. The minimum absolute atomic E-state index is 0.517. The summed E-state index contributed by atoms with van der Waals surface area (Å²) in [6.07, 6.45) is 7.90. The molecule has 0 bridgehead atoms. The molecule has 0 aliphatic heterocycles. The van der Waals surface area contributed by atoms with Crippen LogP contribution in [-0.4, -0.2) is 6.54 Å². The summed E-state index contributed by atoms with van der Waals surface area (Å²) in [5.41, 5.74) is 2.31. The Hall–Kier alpha value is -2.03. The molecular formula is C26H32ClNO. The lowest BCUT2D eigenvalue weighted by atomic mass is 10.0. The zero-order valence-electron chi connectivity index (χ0n) is 17.4. The van der Waals surface area contributed by atoms with Crippen molar-refractivity contribution >= 4 is 22.4 Å². The Bertz CT molecular complexity index is 893. The highest BCUT2D eigenvalue weighted by Gasteiger charge is 2.09. The Morgan fingerprint density at radius 2 is 1.69 bits per heavy atom. The van der Waals surface area contributed by atoms with Gasteiger partial charge in [0, 0.05) is 17.1 Å². The summed E-state index contributed by atoms with van der Waals surface area (Å²) in [6, 6.07) is 20.6. The zero-order chi connectivity index (χ0) is 20.3. The van der Waals surface area contributed by atoms with Crippen LogP contribution in [0.4, 0.5) is 0 Å². The van der Waals surface area contributed by atoms with Crippen LogP contribution in [-0.2, 0) is 13.2 Å². The Kier molecular flexibility index (Phi) is 8.85. The van der Waals surface area contributed by atoms with Crippen molar-refractivity contribution in [3.8, 4) is 5.75 Å². The van der Waals surface area contributed by atoms with E-state index in [4.69, 9.17) is 16.3 Å². The Balaban J connectivity index is 1.63. The smallest absolute Gasteiger partial charge is 0.124 e. The van der Waals surface area contributed by atoms with Gasteiger partial charge in [0.1, 0.15) is 12.4 Å². The van der Waals surface area contributed by atoms with E-state index in [0.717, 1.165) is 29.4 Å². The maximum Gasteiger partial charge on any atom is 0.124 e. The van der Waals surface area contributed by atoms with Gasteiger partial charge in [-0.3, -0.25) is 0 Å². The van der Waals surface area contributed by atoms with E-state index in [-0.39, 0.29) is 0 Å². The van der Waals surface area contributed by atoms with Crippen LogP contribution in [0, 0.1) is 0 Å². The van der Waals surface area contributed by atoms with Crippen LogP contribution in [0.25, 0.3) is 10.8 Å². The van der Waals surface area contributed by atoms with Crippen LogP contribution in [0.5, 0.6) is 5.75 Å². The van der Waals surface area contributed by atoms with E-state index in [1.807, 2.05) is 24.3 Å². The molecule has 3 heteroatoms. The number of unbranched alkanes of at least 4 members (excludes halogenated alkanes) is 5. The van der Waals surface area contributed by atoms with E-state index in [1.165, 1.54) is 54.9 Å². The lowest BCUT2D eigenvalue weighted by molar-refractivity contribution is 0.302. The molecule has 0 amide bonds. The van der Waals surface area contributed by atoms with E-state index in [9.17, 15) is 0 Å². The normalized spacial score (nSPS) is 11.1. The monoisotopic (exact) mass is 409 g/mol. The van der Waals surface area contributed by atoms with E-state index in [1.54, 1.807) is 0 Å². The molecule has 0 aliphatic carbocycles. The topological polar surface area (TPSA) is 21.3 Å². The average molecular weight is 410 g/mol. The lowest BCUT2D eigenvalue weighted by Crippen LogP contribution is -2.16. The second kappa shape index (κ2) is 11.8. The summed E-state index contributed by atoms with van der Waals surface area (Å²) in [5, 5.41) is 6.88. The Morgan fingerprint density at radius 3 is 2.55 bits per heavy atom. The summed E-state index contributed by atoms with van der Waals surface area (Å²) in [4.78, 5) is 0. The molecule has 0 fully saturated rings. The van der Waals surface area contributed by atoms with Gasteiger partial charge >= 0.3 is 0 Å². The second-order valence-corrected chi connectivity index (χ2v) is 8.06. The molecule has 0 aromatic heterocycles. The van der Waals surface area contributed by atoms with Crippen molar-refractivity contribution in [2.75, 3.05) is 6.54 Å². The molecule has 1 N–H and O–H groups in total. The van der Waals surface area contributed by atoms with Crippen molar-refractivity contribution in [2.45, 2.75) is 58.6 Å². The first-order valence-electron chi connectivity index (χ1n) is 10.9. The molecule has 0 unspecified atom stereocenters. The average Bonchev–Trinajstić information content (AvgIpc) is 2.74. The molecule has 0 saturated carbocycles. The number of hydrogen-bond acceptors (Lipinski definition) is 2. The zero-order valence-corrected chi connectivity index (χ0v) is 18.2. The molecule has 2 nitrogen and oxygen atoms in total. The Morgan fingerprint density at radius 1 is 0.862 bits per heavy atom. The number of ether oxygens (including phenoxy) is 1. The summed E-state index contributed by atoms with van der Waals surface area (Å²) < 4.78 is 6.21. The van der Waals surface area contributed by atoms with Gasteiger partial charge < -0.3 is 10.1 Å². The van der Waals surface area contributed by atoms with Gasteiger partial charge in [0.2, 0.25) is 0 Å². The fraction of sp³-hybridized carbons (Fsp3) is 0.385. The van der Waals surface area contributed by atoms with E-state index >= 15 is 0 Å². The minimum atomic E-state index is 0.517. The van der Waals surface area contributed by atoms with Crippen molar-refractivity contribution < 1.29 is 4.74 Å². The molecule has 0 spiro atoms. The summed E-state index contributed by atoms with van der Waals surface area (Å²) in [7, 11) is 0. The van der Waals surface area contributed by atoms with Crippen LogP contribution in [0.1, 0.15) is 56.6 Å². The SMILES string of the molecule is CCCCCCCCNCc1c(OCc2cccc(Cl)c2)ccc2ccccc12. The summed E-state index contributed by atoms with van der Waals surface area (Å²) >= 11 is 6.11.